The number of hydrogen-bond donors (Lipinski definition) is 3. The zero-order chi connectivity index (χ0) is 14.6. The summed E-state index contributed by atoms with van der Waals surface area (Å²) in [5.41, 5.74) is 6.96. The third kappa shape index (κ3) is 3.42. The van der Waals surface area contributed by atoms with Gasteiger partial charge in [0.1, 0.15) is 5.75 Å². The average molecular weight is 278 g/mol. The number of aliphatic hydroxyl groups is 1. The van der Waals surface area contributed by atoms with Gasteiger partial charge in [0.05, 0.1) is 12.3 Å². The van der Waals surface area contributed by atoms with Gasteiger partial charge in [0.15, 0.2) is 0 Å². The molecule has 1 amide bonds. The number of carbonyl (C=O) groups excluding carboxylic acids is 1. The summed E-state index contributed by atoms with van der Waals surface area (Å²) in [6.07, 6.45) is 2.89. The lowest BCUT2D eigenvalue weighted by molar-refractivity contribution is 0.0941. The van der Waals surface area contributed by atoms with Crippen molar-refractivity contribution in [3.05, 3.63) is 23.8 Å². The van der Waals surface area contributed by atoms with Gasteiger partial charge in [-0.15, -0.1) is 0 Å². The number of amides is 1. The zero-order valence-electron chi connectivity index (χ0n) is 11.8. The molecule has 1 fully saturated rings. The lowest BCUT2D eigenvalue weighted by atomic mass is 10.0. The van der Waals surface area contributed by atoms with E-state index in [0.717, 1.165) is 19.3 Å². The molecular weight excluding hydrogens is 256 g/mol. The summed E-state index contributed by atoms with van der Waals surface area (Å²) in [4.78, 5) is 12.1. The van der Waals surface area contributed by atoms with E-state index in [9.17, 15) is 4.79 Å². The highest BCUT2D eigenvalue weighted by molar-refractivity contribution is 5.95. The van der Waals surface area contributed by atoms with Crippen LogP contribution in [0.4, 0.5) is 5.69 Å². The smallest absolute Gasteiger partial charge is 0.251 e. The number of ether oxygens (including phenoxy) is 1. The Labute approximate surface area is 119 Å². The molecule has 0 aliphatic heterocycles. The van der Waals surface area contributed by atoms with Gasteiger partial charge in [-0.3, -0.25) is 4.79 Å². The Morgan fingerprint density at radius 1 is 1.50 bits per heavy atom. The van der Waals surface area contributed by atoms with Gasteiger partial charge in [-0.2, -0.15) is 0 Å². The number of hydrogen-bond acceptors (Lipinski definition) is 4. The van der Waals surface area contributed by atoms with E-state index in [2.05, 4.69) is 5.32 Å². The highest BCUT2D eigenvalue weighted by Gasteiger charge is 2.41. The van der Waals surface area contributed by atoms with Crippen molar-refractivity contribution in [1.82, 2.24) is 5.32 Å². The van der Waals surface area contributed by atoms with Crippen LogP contribution in [-0.2, 0) is 0 Å². The molecule has 0 radical (unpaired) electrons. The predicted octanol–water partition coefficient (Wildman–Crippen LogP) is 1.56. The first-order valence-corrected chi connectivity index (χ1v) is 7.01. The van der Waals surface area contributed by atoms with Gasteiger partial charge in [0.25, 0.3) is 5.91 Å². The monoisotopic (exact) mass is 278 g/mol. The molecule has 0 unspecified atom stereocenters. The largest absolute Gasteiger partial charge is 0.492 e. The molecule has 0 saturated heterocycles. The lowest BCUT2D eigenvalue weighted by Gasteiger charge is -2.15. The molecule has 1 aliphatic rings. The highest BCUT2D eigenvalue weighted by atomic mass is 16.5. The molecule has 1 aliphatic carbocycles. The van der Waals surface area contributed by atoms with Crippen LogP contribution in [0.3, 0.4) is 0 Å². The van der Waals surface area contributed by atoms with E-state index >= 15 is 0 Å². The normalized spacial score (nSPS) is 15.7. The van der Waals surface area contributed by atoms with E-state index in [1.54, 1.807) is 18.2 Å². The van der Waals surface area contributed by atoms with Crippen LogP contribution in [0.25, 0.3) is 0 Å². The van der Waals surface area contributed by atoms with E-state index < -0.39 is 0 Å². The van der Waals surface area contributed by atoms with Gasteiger partial charge < -0.3 is 20.9 Å². The maximum absolute atomic E-state index is 12.1. The van der Waals surface area contributed by atoms with Crippen LogP contribution in [0.2, 0.25) is 0 Å². The summed E-state index contributed by atoms with van der Waals surface area (Å²) >= 11 is 0. The van der Waals surface area contributed by atoms with Gasteiger partial charge in [0.2, 0.25) is 0 Å². The Hall–Kier alpha value is -1.75. The fraction of sp³-hybridized carbons (Fsp3) is 0.533. The van der Waals surface area contributed by atoms with Crippen LogP contribution in [0.1, 0.15) is 36.5 Å². The van der Waals surface area contributed by atoms with Crippen molar-refractivity contribution in [2.24, 2.45) is 5.41 Å². The first-order chi connectivity index (χ1) is 9.60. The standard InChI is InChI=1S/C15H22N2O3/c1-2-20-13-4-3-11(9-12(13)16)14(19)17-10-15(5-6-15)7-8-18/h3-4,9,18H,2,5-8,10,16H2,1H3,(H,17,19). The van der Waals surface area contributed by atoms with Crippen LogP contribution in [0.15, 0.2) is 18.2 Å². The number of rotatable bonds is 7. The lowest BCUT2D eigenvalue weighted by Crippen LogP contribution is -2.30. The Bertz CT molecular complexity index is 484. The molecule has 0 spiro atoms. The third-order valence-electron chi connectivity index (χ3n) is 3.80. The fourth-order valence-corrected chi connectivity index (χ4v) is 2.28. The molecule has 0 aromatic heterocycles. The molecule has 0 atom stereocenters. The quantitative estimate of drug-likeness (QED) is 0.661. The van der Waals surface area contributed by atoms with E-state index in [4.69, 9.17) is 15.6 Å². The van der Waals surface area contributed by atoms with Crippen LogP contribution in [0, 0.1) is 5.41 Å². The Kier molecular flexibility index (Phi) is 4.49. The van der Waals surface area contributed by atoms with Gasteiger partial charge in [-0.25, -0.2) is 0 Å². The molecule has 110 valence electrons. The molecule has 5 heteroatoms. The van der Waals surface area contributed by atoms with E-state index in [0.29, 0.717) is 30.2 Å². The summed E-state index contributed by atoms with van der Waals surface area (Å²) in [5.74, 6) is 0.465. The molecule has 20 heavy (non-hydrogen) atoms. The fourth-order valence-electron chi connectivity index (χ4n) is 2.28. The minimum Gasteiger partial charge on any atom is -0.492 e. The highest BCUT2D eigenvalue weighted by Crippen LogP contribution is 2.47. The molecule has 1 aromatic carbocycles. The summed E-state index contributed by atoms with van der Waals surface area (Å²) in [7, 11) is 0. The minimum absolute atomic E-state index is 0.112. The molecule has 1 saturated carbocycles. The third-order valence-corrected chi connectivity index (χ3v) is 3.80. The zero-order valence-corrected chi connectivity index (χ0v) is 11.8. The first-order valence-electron chi connectivity index (χ1n) is 7.01. The average Bonchev–Trinajstić information content (AvgIpc) is 3.19. The van der Waals surface area contributed by atoms with Crippen molar-refractivity contribution >= 4 is 11.6 Å². The molecule has 0 heterocycles. The van der Waals surface area contributed by atoms with Gasteiger partial charge in [0, 0.05) is 18.7 Å². The molecule has 2 rings (SSSR count). The van der Waals surface area contributed by atoms with E-state index in [1.165, 1.54) is 0 Å². The van der Waals surface area contributed by atoms with Gasteiger partial charge in [-0.1, -0.05) is 0 Å². The van der Waals surface area contributed by atoms with Crippen LogP contribution >= 0.6 is 0 Å². The molecule has 0 bridgehead atoms. The molecule has 4 N–H and O–H groups in total. The number of aliphatic hydroxyl groups excluding tert-OH is 1. The van der Waals surface area contributed by atoms with Crippen molar-refractivity contribution in [1.29, 1.82) is 0 Å². The number of carbonyl (C=O) groups is 1. The van der Waals surface area contributed by atoms with Crippen molar-refractivity contribution in [2.75, 3.05) is 25.5 Å². The van der Waals surface area contributed by atoms with Crippen LogP contribution < -0.4 is 15.8 Å². The number of nitrogen functional groups attached to an aromatic ring is 1. The van der Waals surface area contributed by atoms with Crippen molar-refractivity contribution in [2.45, 2.75) is 26.2 Å². The topological polar surface area (TPSA) is 84.6 Å². The summed E-state index contributed by atoms with van der Waals surface area (Å²) < 4.78 is 5.34. The molecule has 5 nitrogen and oxygen atoms in total. The maximum atomic E-state index is 12.1. The first kappa shape index (κ1) is 14.7. The second-order valence-corrected chi connectivity index (χ2v) is 5.34. The SMILES string of the molecule is CCOc1ccc(C(=O)NCC2(CCO)CC2)cc1N. The number of anilines is 1. The van der Waals surface area contributed by atoms with E-state index in [-0.39, 0.29) is 17.9 Å². The minimum atomic E-state index is -0.135. The Balaban J connectivity index is 1.94. The molecule has 1 aromatic rings. The summed E-state index contributed by atoms with van der Waals surface area (Å²) in [5, 5.41) is 11.9. The predicted molar refractivity (Wildman–Crippen MR) is 77.7 cm³/mol. The second kappa shape index (κ2) is 6.13. The number of nitrogens with one attached hydrogen (secondary N) is 1. The number of benzene rings is 1. The van der Waals surface area contributed by atoms with Crippen LogP contribution in [0.5, 0.6) is 5.75 Å². The van der Waals surface area contributed by atoms with Crippen molar-refractivity contribution in [3.8, 4) is 5.75 Å². The van der Waals surface area contributed by atoms with Crippen molar-refractivity contribution < 1.29 is 14.6 Å². The number of nitrogens with two attached hydrogens (primary N) is 1. The second-order valence-electron chi connectivity index (χ2n) is 5.34. The van der Waals surface area contributed by atoms with E-state index in [1.807, 2.05) is 6.92 Å². The summed E-state index contributed by atoms with van der Waals surface area (Å²) in [6.45, 7) is 3.21. The molecular formula is C15H22N2O3. The van der Waals surface area contributed by atoms with Gasteiger partial charge in [-0.05, 0) is 49.8 Å². The maximum Gasteiger partial charge on any atom is 0.251 e. The Morgan fingerprint density at radius 2 is 2.25 bits per heavy atom. The van der Waals surface area contributed by atoms with Crippen molar-refractivity contribution in [3.63, 3.8) is 0 Å². The van der Waals surface area contributed by atoms with Crippen LogP contribution in [-0.4, -0.2) is 30.8 Å². The summed E-state index contributed by atoms with van der Waals surface area (Å²) in [6, 6.07) is 5.06. The van der Waals surface area contributed by atoms with Gasteiger partial charge >= 0.3 is 0 Å². The Morgan fingerprint density at radius 3 is 2.80 bits per heavy atom.